The summed E-state index contributed by atoms with van der Waals surface area (Å²) in [5.41, 5.74) is 2.87. The number of aliphatic hydroxyl groups excluding tert-OH is 1. The fourth-order valence-corrected chi connectivity index (χ4v) is 2.33. The topological polar surface area (TPSA) is 46.1 Å². The molecule has 1 aromatic rings. The minimum absolute atomic E-state index is 0.377. The Morgan fingerprint density at radius 3 is 2.83 bits per heavy atom. The van der Waals surface area contributed by atoms with Gasteiger partial charge >= 0.3 is 0 Å². The van der Waals surface area contributed by atoms with Crippen LogP contribution in [0.25, 0.3) is 0 Å². The fraction of sp³-hybridized carbons (Fsp3) is 0.600. The van der Waals surface area contributed by atoms with Crippen LogP contribution < -0.4 is 10.1 Å². The van der Waals surface area contributed by atoms with Gasteiger partial charge in [-0.05, 0) is 56.4 Å². The first-order chi connectivity index (χ1) is 8.65. The lowest BCUT2D eigenvalue weighted by molar-refractivity contribution is -0.688. The van der Waals surface area contributed by atoms with E-state index < -0.39 is 6.10 Å². The highest BCUT2D eigenvalue weighted by Gasteiger charge is 2.12. The Morgan fingerprint density at radius 2 is 2.06 bits per heavy atom. The summed E-state index contributed by atoms with van der Waals surface area (Å²) in [6.07, 6.45) is 3.21. The molecule has 2 rings (SSSR count). The van der Waals surface area contributed by atoms with Crippen molar-refractivity contribution in [3.8, 4) is 5.75 Å². The second-order valence-electron chi connectivity index (χ2n) is 5.46. The molecule has 0 saturated heterocycles. The number of ether oxygens (including phenoxy) is 1. The van der Waals surface area contributed by atoms with Crippen molar-refractivity contribution < 1.29 is 15.2 Å². The summed E-state index contributed by atoms with van der Waals surface area (Å²) in [7, 11) is 0. The molecule has 18 heavy (non-hydrogen) atoms. The summed E-state index contributed by atoms with van der Waals surface area (Å²) in [5, 5.41) is 11.9. The molecule has 0 saturated carbocycles. The number of benzene rings is 1. The Morgan fingerprint density at radius 1 is 1.28 bits per heavy atom. The molecule has 1 aromatic carbocycles. The summed E-state index contributed by atoms with van der Waals surface area (Å²) < 4.78 is 5.66. The van der Waals surface area contributed by atoms with E-state index in [9.17, 15) is 5.11 Å². The number of hydrogen-bond donors (Lipinski definition) is 2. The molecule has 0 amide bonds. The average molecular weight is 250 g/mol. The van der Waals surface area contributed by atoms with Crippen molar-refractivity contribution in [3.63, 3.8) is 0 Å². The largest absolute Gasteiger partial charge is 0.491 e. The summed E-state index contributed by atoms with van der Waals surface area (Å²) in [6.45, 7) is 5.31. The smallest absolute Gasteiger partial charge is 0.137 e. The van der Waals surface area contributed by atoms with Gasteiger partial charge in [-0.1, -0.05) is 6.07 Å². The van der Waals surface area contributed by atoms with Crippen LogP contribution in [0.2, 0.25) is 0 Å². The Hall–Kier alpha value is -1.06. The molecular weight excluding hydrogens is 226 g/mol. The van der Waals surface area contributed by atoms with Crippen LogP contribution in [0.4, 0.5) is 0 Å². The Kier molecular flexibility index (Phi) is 4.61. The van der Waals surface area contributed by atoms with Crippen LogP contribution in [0.15, 0.2) is 18.2 Å². The Balaban J connectivity index is 1.79. The van der Waals surface area contributed by atoms with Crippen LogP contribution in [0.1, 0.15) is 31.4 Å². The molecule has 0 bridgehead atoms. The number of fused-ring (bicyclic) bond motifs is 1. The SMILES string of the molecule is CC(C)[NH2+]C[C@@H](O)COc1ccc2c(c1)CCC2. The maximum Gasteiger partial charge on any atom is 0.137 e. The molecule has 0 radical (unpaired) electrons. The van der Waals surface area contributed by atoms with Crippen LogP contribution in [0, 0.1) is 0 Å². The van der Waals surface area contributed by atoms with Gasteiger partial charge in [0, 0.05) is 0 Å². The van der Waals surface area contributed by atoms with Gasteiger partial charge in [0.15, 0.2) is 0 Å². The number of quaternary nitrogens is 1. The minimum Gasteiger partial charge on any atom is -0.491 e. The Bertz CT molecular complexity index is 390. The van der Waals surface area contributed by atoms with Crippen molar-refractivity contribution in [1.29, 1.82) is 0 Å². The molecule has 1 aliphatic rings. The van der Waals surface area contributed by atoms with E-state index in [0.29, 0.717) is 19.2 Å². The molecule has 0 aliphatic heterocycles. The molecule has 0 unspecified atom stereocenters. The normalized spacial score (nSPS) is 15.8. The summed E-state index contributed by atoms with van der Waals surface area (Å²) in [6, 6.07) is 6.81. The molecule has 0 fully saturated rings. The van der Waals surface area contributed by atoms with Gasteiger partial charge in [-0.3, -0.25) is 0 Å². The van der Waals surface area contributed by atoms with Crippen LogP contribution in [-0.2, 0) is 12.8 Å². The third kappa shape index (κ3) is 3.72. The van der Waals surface area contributed by atoms with E-state index in [4.69, 9.17) is 4.74 Å². The molecule has 3 nitrogen and oxygen atoms in total. The number of hydrogen-bond acceptors (Lipinski definition) is 2. The number of rotatable bonds is 6. The first-order valence-electron chi connectivity index (χ1n) is 6.91. The molecule has 1 atom stereocenters. The predicted molar refractivity (Wildman–Crippen MR) is 71.9 cm³/mol. The van der Waals surface area contributed by atoms with Crippen LogP contribution in [0.3, 0.4) is 0 Å². The summed E-state index contributed by atoms with van der Waals surface area (Å²) in [4.78, 5) is 0. The number of aliphatic hydroxyl groups is 1. The molecule has 3 heteroatoms. The lowest BCUT2D eigenvalue weighted by atomic mass is 10.1. The van der Waals surface area contributed by atoms with E-state index in [1.165, 1.54) is 24.0 Å². The van der Waals surface area contributed by atoms with Crippen molar-refractivity contribution in [1.82, 2.24) is 0 Å². The first kappa shape index (κ1) is 13.4. The molecule has 0 heterocycles. The van der Waals surface area contributed by atoms with Gasteiger partial charge < -0.3 is 15.2 Å². The highest BCUT2D eigenvalue weighted by Crippen LogP contribution is 2.25. The number of aryl methyl sites for hydroxylation is 2. The van der Waals surface area contributed by atoms with E-state index in [2.05, 4.69) is 31.3 Å². The van der Waals surface area contributed by atoms with Crippen LogP contribution >= 0.6 is 0 Å². The molecule has 1 aliphatic carbocycles. The van der Waals surface area contributed by atoms with E-state index in [0.717, 1.165) is 12.2 Å². The highest BCUT2D eigenvalue weighted by molar-refractivity contribution is 5.38. The van der Waals surface area contributed by atoms with Crippen molar-refractivity contribution in [2.45, 2.75) is 45.3 Å². The third-order valence-corrected chi connectivity index (χ3v) is 3.39. The number of nitrogens with two attached hydrogens (primary N) is 1. The highest BCUT2D eigenvalue weighted by atomic mass is 16.5. The standard InChI is InChI=1S/C15H23NO2/c1-11(2)16-9-14(17)10-18-15-7-6-12-4-3-5-13(12)8-15/h6-8,11,14,16-17H,3-5,9-10H2,1-2H3/p+1/t14-/m1/s1. The van der Waals surface area contributed by atoms with Crippen LogP contribution in [-0.4, -0.2) is 30.4 Å². The third-order valence-electron chi connectivity index (χ3n) is 3.39. The fourth-order valence-electron chi connectivity index (χ4n) is 2.33. The monoisotopic (exact) mass is 250 g/mol. The van der Waals surface area contributed by atoms with E-state index >= 15 is 0 Å². The van der Waals surface area contributed by atoms with Gasteiger partial charge in [-0.25, -0.2) is 0 Å². The zero-order valence-corrected chi connectivity index (χ0v) is 11.4. The van der Waals surface area contributed by atoms with Crippen molar-refractivity contribution in [2.24, 2.45) is 0 Å². The lowest BCUT2D eigenvalue weighted by Crippen LogP contribution is -2.90. The summed E-state index contributed by atoms with van der Waals surface area (Å²) in [5.74, 6) is 0.888. The predicted octanol–water partition coefficient (Wildman–Crippen LogP) is 0.887. The first-order valence-corrected chi connectivity index (χ1v) is 6.91. The van der Waals surface area contributed by atoms with Gasteiger partial charge in [0.2, 0.25) is 0 Å². The van der Waals surface area contributed by atoms with Gasteiger partial charge in [0.25, 0.3) is 0 Å². The van der Waals surface area contributed by atoms with Gasteiger partial charge in [0.05, 0.1) is 6.04 Å². The molecule has 100 valence electrons. The average Bonchev–Trinajstić information content (AvgIpc) is 2.81. The van der Waals surface area contributed by atoms with E-state index in [1.807, 2.05) is 6.07 Å². The van der Waals surface area contributed by atoms with Gasteiger partial charge in [-0.2, -0.15) is 0 Å². The summed E-state index contributed by atoms with van der Waals surface area (Å²) >= 11 is 0. The van der Waals surface area contributed by atoms with Crippen molar-refractivity contribution in [2.75, 3.05) is 13.2 Å². The van der Waals surface area contributed by atoms with Crippen LogP contribution in [0.5, 0.6) is 5.75 Å². The van der Waals surface area contributed by atoms with E-state index in [1.54, 1.807) is 0 Å². The van der Waals surface area contributed by atoms with E-state index in [-0.39, 0.29) is 0 Å². The Labute approximate surface area is 109 Å². The van der Waals surface area contributed by atoms with Crippen molar-refractivity contribution >= 4 is 0 Å². The minimum atomic E-state index is -0.402. The zero-order valence-electron chi connectivity index (χ0n) is 11.4. The maximum atomic E-state index is 9.80. The second-order valence-corrected chi connectivity index (χ2v) is 5.46. The zero-order chi connectivity index (χ0) is 13.0. The van der Waals surface area contributed by atoms with Gasteiger partial charge in [-0.15, -0.1) is 0 Å². The molecule has 0 aromatic heterocycles. The maximum absolute atomic E-state index is 9.80. The quantitative estimate of drug-likeness (QED) is 0.787. The molecule has 0 spiro atoms. The van der Waals surface area contributed by atoms with Gasteiger partial charge in [0.1, 0.15) is 25.0 Å². The second kappa shape index (κ2) is 6.21. The molecule has 3 N–H and O–H groups in total. The van der Waals surface area contributed by atoms with Crippen molar-refractivity contribution in [3.05, 3.63) is 29.3 Å². The molecular formula is C15H24NO2+. The lowest BCUT2D eigenvalue weighted by Gasteiger charge is -2.13.